The summed E-state index contributed by atoms with van der Waals surface area (Å²) in [5.74, 6) is 2.01. The molecule has 0 saturated carbocycles. The summed E-state index contributed by atoms with van der Waals surface area (Å²) in [6.07, 6.45) is 1.75. The van der Waals surface area contributed by atoms with Gasteiger partial charge in [0.2, 0.25) is 0 Å². The first-order valence-electron chi connectivity index (χ1n) is 7.54. The Kier molecular flexibility index (Phi) is 7.03. The van der Waals surface area contributed by atoms with Gasteiger partial charge in [-0.15, -0.1) is 16.8 Å². The number of thioether (sulfide) groups is 1. The summed E-state index contributed by atoms with van der Waals surface area (Å²) in [7, 11) is 4.69. The summed E-state index contributed by atoms with van der Waals surface area (Å²) in [6, 6.07) is 5.11. The van der Waals surface area contributed by atoms with Crippen molar-refractivity contribution in [1.82, 2.24) is 14.8 Å². The number of methoxy groups -OCH3 is 3. The van der Waals surface area contributed by atoms with Crippen LogP contribution in [0, 0.1) is 0 Å². The number of nitrogens with zero attached hydrogens (tertiary/aromatic N) is 3. The molecule has 0 unspecified atom stereocenters. The Morgan fingerprint density at radius 1 is 1.24 bits per heavy atom. The molecule has 0 N–H and O–H groups in total. The second kappa shape index (κ2) is 9.24. The van der Waals surface area contributed by atoms with Gasteiger partial charge in [0.1, 0.15) is 6.61 Å². The van der Waals surface area contributed by atoms with E-state index in [1.165, 1.54) is 18.9 Å². The van der Waals surface area contributed by atoms with E-state index < -0.39 is 0 Å². The lowest BCUT2D eigenvalue weighted by Gasteiger charge is -2.09. The topological polar surface area (TPSA) is 75.5 Å². The number of carbonyl (C=O) groups excluding carboxylic acids is 1. The zero-order valence-corrected chi connectivity index (χ0v) is 15.3. The summed E-state index contributed by atoms with van der Waals surface area (Å²) >= 11 is 1.32. The molecule has 8 heteroatoms. The molecule has 0 bridgehead atoms. The fourth-order valence-corrected chi connectivity index (χ4v) is 3.06. The second-order valence-corrected chi connectivity index (χ2v) is 5.96. The highest BCUT2D eigenvalue weighted by atomic mass is 32.2. The van der Waals surface area contributed by atoms with Gasteiger partial charge in [-0.3, -0.25) is 4.79 Å². The summed E-state index contributed by atoms with van der Waals surface area (Å²) in [5, 5.41) is 8.88. The fraction of sp³-hybridized carbons (Fsp3) is 0.353. The molecule has 7 nitrogen and oxygen atoms in total. The molecule has 0 aliphatic rings. The molecule has 0 spiro atoms. The van der Waals surface area contributed by atoms with E-state index in [0.29, 0.717) is 41.2 Å². The number of benzene rings is 1. The molecule has 2 aromatic rings. The van der Waals surface area contributed by atoms with Crippen LogP contribution in [-0.2, 0) is 17.9 Å². The number of ether oxygens (including phenoxy) is 3. The molecule has 1 aromatic carbocycles. The van der Waals surface area contributed by atoms with Gasteiger partial charge < -0.3 is 18.8 Å². The van der Waals surface area contributed by atoms with Crippen LogP contribution < -0.4 is 9.47 Å². The molecule has 1 aromatic heterocycles. The first kappa shape index (κ1) is 19.0. The van der Waals surface area contributed by atoms with Crippen molar-refractivity contribution in [2.75, 3.05) is 27.1 Å². The minimum absolute atomic E-state index is 0.0348. The molecule has 0 aliphatic heterocycles. The van der Waals surface area contributed by atoms with Crippen LogP contribution in [0.1, 0.15) is 16.2 Å². The van der Waals surface area contributed by atoms with Gasteiger partial charge in [-0.25, -0.2) is 0 Å². The normalized spacial score (nSPS) is 10.5. The number of carbonyl (C=O) groups is 1. The number of Topliss-reactive ketones (excluding diaryl/α,β-unsaturated/α-hetero) is 1. The largest absolute Gasteiger partial charge is 0.493 e. The van der Waals surface area contributed by atoms with E-state index in [2.05, 4.69) is 16.8 Å². The van der Waals surface area contributed by atoms with E-state index in [1.54, 1.807) is 38.5 Å². The van der Waals surface area contributed by atoms with Crippen molar-refractivity contribution in [2.24, 2.45) is 0 Å². The Bertz CT molecular complexity index is 745. The molecule has 1 heterocycles. The van der Waals surface area contributed by atoms with Crippen molar-refractivity contribution in [2.45, 2.75) is 18.3 Å². The molecule has 0 aliphatic carbocycles. The third kappa shape index (κ3) is 4.61. The monoisotopic (exact) mass is 363 g/mol. The Morgan fingerprint density at radius 3 is 2.64 bits per heavy atom. The summed E-state index contributed by atoms with van der Waals surface area (Å²) in [4.78, 5) is 12.5. The number of ketones is 1. The van der Waals surface area contributed by atoms with E-state index in [0.717, 1.165) is 0 Å². The van der Waals surface area contributed by atoms with Crippen LogP contribution in [0.25, 0.3) is 0 Å². The number of hydrogen-bond donors (Lipinski definition) is 0. The van der Waals surface area contributed by atoms with E-state index in [1.807, 2.05) is 4.57 Å². The lowest BCUT2D eigenvalue weighted by molar-refractivity contribution is 0.102. The van der Waals surface area contributed by atoms with Gasteiger partial charge in [0, 0.05) is 19.2 Å². The molecule has 2 rings (SSSR count). The Hall–Kier alpha value is -2.32. The molecule has 0 fully saturated rings. The Morgan fingerprint density at radius 2 is 2.00 bits per heavy atom. The first-order chi connectivity index (χ1) is 12.1. The zero-order chi connectivity index (χ0) is 18.2. The van der Waals surface area contributed by atoms with Gasteiger partial charge in [-0.2, -0.15) is 0 Å². The lowest BCUT2D eigenvalue weighted by Crippen LogP contribution is -2.07. The van der Waals surface area contributed by atoms with Crippen molar-refractivity contribution < 1.29 is 19.0 Å². The maximum Gasteiger partial charge on any atom is 0.192 e. The van der Waals surface area contributed by atoms with Crippen LogP contribution in [0.3, 0.4) is 0 Å². The van der Waals surface area contributed by atoms with E-state index in [9.17, 15) is 4.79 Å². The van der Waals surface area contributed by atoms with Crippen molar-refractivity contribution in [3.63, 3.8) is 0 Å². The highest BCUT2D eigenvalue weighted by molar-refractivity contribution is 7.99. The highest BCUT2D eigenvalue weighted by Crippen LogP contribution is 2.28. The van der Waals surface area contributed by atoms with Crippen LogP contribution in [0.5, 0.6) is 11.5 Å². The van der Waals surface area contributed by atoms with Crippen LogP contribution in [0.2, 0.25) is 0 Å². The number of allylic oxidation sites excluding steroid dienone is 1. The minimum Gasteiger partial charge on any atom is -0.493 e. The van der Waals surface area contributed by atoms with Gasteiger partial charge in [0.05, 0.1) is 20.0 Å². The van der Waals surface area contributed by atoms with Gasteiger partial charge in [-0.05, 0) is 18.2 Å². The number of aromatic nitrogens is 3. The maximum absolute atomic E-state index is 12.5. The van der Waals surface area contributed by atoms with Crippen molar-refractivity contribution in [3.05, 3.63) is 42.2 Å². The lowest BCUT2D eigenvalue weighted by atomic mass is 10.1. The van der Waals surface area contributed by atoms with Crippen molar-refractivity contribution in [3.8, 4) is 11.5 Å². The SMILES string of the molecule is C=CCn1c(COC)nnc1SCC(=O)c1ccc(OC)c(OC)c1. The van der Waals surface area contributed by atoms with Gasteiger partial charge in [-0.1, -0.05) is 17.8 Å². The van der Waals surface area contributed by atoms with Crippen molar-refractivity contribution >= 4 is 17.5 Å². The number of rotatable bonds is 10. The summed E-state index contributed by atoms with van der Waals surface area (Å²) in [6.45, 7) is 4.64. The third-order valence-electron chi connectivity index (χ3n) is 3.42. The van der Waals surface area contributed by atoms with Crippen molar-refractivity contribution in [1.29, 1.82) is 0 Å². The van der Waals surface area contributed by atoms with Crippen LogP contribution in [0.4, 0.5) is 0 Å². The molecule has 134 valence electrons. The maximum atomic E-state index is 12.5. The minimum atomic E-state index is -0.0348. The molecular weight excluding hydrogens is 342 g/mol. The van der Waals surface area contributed by atoms with Gasteiger partial charge in [0.25, 0.3) is 0 Å². The Balaban J connectivity index is 2.11. The average Bonchev–Trinajstić information content (AvgIpc) is 3.01. The molecule has 25 heavy (non-hydrogen) atoms. The fourth-order valence-electron chi connectivity index (χ4n) is 2.20. The Labute approximate surface area is 151 Å². The molecule has 0 amide bonds. The standard InChI is InChI=1S/C17H21N3O4S/c1-5-8-20-16(10-22-2)18-19-17(20)25-11-13(21)12-6-7-14(23-3)15(9-12)24-4/h5-7,9H,1,8,10-11H2,2-4H3. The molecular formula is C17H21N3O4S. The average molecular weight is 363 g/mol. The van der Waals surface area contributed by atoms with Crippen LogP contribution in [-0.4, -0.2) is 47.6 Å². The molecule has 0 saturated heterocycles. The van der Waals surface area contributed by atoms with Crippen LogP contribution >= 0.6 is 11.8 Å². The second-order valence-electron chi connectivity index (χ2n) is 5.01. The van der Waals surface area contributed by atoms with E-state index in [4.69, 9.17) is 14.2 Å². The first-order valence-corrected chi connectivity index (χ1v) is 8.53. The van der Waals surface area contributed by atoms with Gasteiger partial charge in [0.15, 0.2) is 28.3 Å². The summed E-state index contributed by atoms with van der Waals surface area (Å²) in [5.41, 5.74) is 0.553. The predicted molar refractivity (Wildman–Crippen MR) is 95.5 cm³/mol. The van der Waals surface area contributed by atoms with Gasteiger partial charge >= 0.3 is 0 Å². The third-order valence-corrected chi connectivity index (χ3v) is 4.38. The predicted octanol–water partition coefficient (Wildman–Crippen LogP) is 2.60. The van der Waals surface area contributed by atoms with Crippen LogP contribution in [0.15, 0.2) is 36.0 Å². The smallest absolute Gasteiger partial charge is 0.192 e. The molecule has 0 radical (unpaired) electrons. The molecule has 0 atom stereocenters. The van der Waals surface area contributed by atoms with E-state index >= 15 is 0 Å². The number of hydrogen-bond acceptors (Lipinski definition) is 7. The summed E-state index contributed by atoms with van der Waals surface area (Å²) < 4.78 is 17.4. The van der Waals surface area contributed by atoms with E-state index in [-0.39, 0.29) is 11.5 Å². The zero-order valence-electron chi connectivity index (χ0n) is 14.5. The highest BCUT2D eigenvalue weighted by Gasteiger charge is 2.15. The quantitative estimate of drug-likeness (QED) is 0.365.